The van der Waals surface area contributed by atoms with E-state index in [1.807, 2.05) is 22.7 Å². The number of nitrogens with zero attached hydrogens (tertiary/aromatic N) is 2. The van der Waals surface area contributed by atoms with Crippen molar-refractivity contribution in [1.82, 2.24) is 9.13 Å². The lowest BCUT2D eigenvalue weighted by Crippen LogP contribution is -2.02. The van der Waals surface area contributed by atoms with Gasteiger partial charge in [0, 0.05) is 44.0 Å². The molecule has 0 unspecified atom stereocenters. The van der Waals surface area contributed by atoms with Crippen molar-refractivity contribution in [3.05, 3.63) is 60.7 Å². The molecule has 0 aliphatic rings. The molecular formula is C30H28N2S2. The molecule has 0 saturated carbocycles. The number of hydrogen-bond donors (Lipinski definition) is 0. The van der Waals surface area contributed by atoms with Crippen LogP contribution in [0.15, 0.2) is 60.7 Å². The molecule has 0 radical (unpaired) electrons. The van der Waals surface area contributed by atoms with E-state index in [1.165, 1.54) is 88.1 Å². The minimum absolute atomic E-state index is 1.07. The fourth-order valence-electron chi connectivity index (χ4n) is 5.76. The van der Waals surface area contributed by atoms with Gasteiger partial charge in [-0.15, -0.1) is 22.7 Å². The van der Waals surface area contributed by atoms with Crippen LogP contribution < -0.4 is 0 Å². The first-order valence-corrected chi connectivity index (χ1v) is 14.2. The van der Waals surface area contributed by atoms with Crippen molar-refractivity contribution in [2.45, 2.75) is 52.6 Å². The Kier molecular flexibility index (Phi) is 4.75. The number of fused-ring (bicyclic) bond motifs is 11. The number of benzene rings is 3. The predicted molar refractivity (Wildman–Crippen MR) is 153 cm³/mol. The van der Waals surface area contributed by atoms with Crippen LogP contribution in [0.5, 0.6) is 0 Å². The highest BCUT2D eigenvalue weighted by atomic mass is 32.1. The average molecular weight is 481 g/mol. The third kappa shape index (κ3) is 2.73. The number of hydrogen-bond acceptors (Lipinski definition) is 2. The van der Waals surface area contributed by atoms with Crippen LogP contribution in [0.4, 0.5) is 0 Å². The topological polar surface area (TPSA) is 9.86 Å². The summed E-state index contributed by atoms with van der Waals surface area (Å²) < 4.78 is 11.0. The maximum absolute atomic E-state index is 2.67. The Hall–Kier alpha value is -2.82. The van der Waals surface area contributed by atoms with Gasteiger partial charge in [-0.2, -0.15) is 0 Å². The van der Waals surface area contributed by atoms with Gasteiger partial charge in [-0.1, -0.05) is 75.2 Å². The van der Waals surface area contributed by atoms with E-state index in [9.17, 15) is 0 Å². The van der Waals surface area contributed by atoms with Gasteiger partial charge in [-0.25, -0.2) is 0 Å². The lowest BCUT2D eigenvalue weighted by Gasteiger charge is -2.12. The lowest BCUT2D eigenvalue weighted by molar-refractivity contribution is 0.656. The third-order valence-electron chi connectivity index (χ3n) is 7.33. The standard InChI is InChI=1S/C30H28N2S2/c1-3-5-17-31-25-21(29-27(31)19-11-7-9-13-23(19)33-29)15-16-22-26(25)32(18-6-4-2)28-20-12-8-10-14-24(20)34-30(22)28/h7-16H,3-6,17-18H2,1-2H3. The average Bonchev–Trinajstić information content (AvgIpc) is 3.58. The van der Waals surface area contributed by atoms with Gasteiger partial charge in [-0.3, -0.25) is 0 Å². The molecule has 0 aliphatic carbocycles. The van der Waals surface area contributed by atoms with Crippen LogP contribution in [-0.4, -0.2) is 9.13 Å². The molecular weight excluding hydrogens is 452 g/mol. The summed E-state index contributed by atoms with van der Waals surface area (Å²) in [5.74, 6) is 0. The Balaban J connectivity index is 1.70. The van der Waals surface area contributed by atoms with Gasteiger partial charge in [-0.05, 0) is 25.0 Å². The summed E-state index contributed by atoms with van der Waals surface area (Å²) in [5.41, 5.74) is 5.77. The Morgan fingerprint density at radius 3 is 1.41 bits per heavy atom. The fraction of sp³-hybridized carbons (Fsp3) is 0.267. The predicted octanol–water partition coefficient (Wildman–Crippen LogP) is 9.93. The van der Waals surface area contributed by atoms with E-state index in [-0.39, 0.29) is 0 Å². The molecule has 0 spiro atoms. The molecule has 7 rings (SSSR count). The SMILES string of the molecule is CCCCn1c2c3ccccc3sc2c2ccc3c4sc5ccccc5c4n(CCCC)c3c21. The van der Waals surface area contributed by atoms with Gasteiger partial charge < -0.3 is 9.13 Å². The number of unbranched alkanes of at least 4 members (excludes halogenated alkanes) is 2. The Morgan fingerprint density at radius 2 is 0.971 bits per heavy atom. The van der Waals surface area contributed by atoms with E-state index < -0.39 is 0 Å². The minimum Gasteiger partial charge on any atom is -0.338 e. The van der Waals surface area contributed by atoms with E-state index in [0.717, 1.165) is 13.1 Å². The highest BCUT2D eigenvalue weighted by Crippen LogP contribution is 2.47. The molecule has 0 saturated heterocycles. The molecule has 0 aliphatic heterocycles. The van der Waals surface area contributed by atoms with Crippen molar-refractivity contribution < 1.29 is 0 Å². The zero-order valence-electron chi connectivity index (χ0n) is 19.7. The van der Waals surface area contributed by atoms with Gasteiger partial charge in [0.15, 0.2) is 0 Å². The molecule has 3 aromatic carbocycles. The normalized spacial score (nSPS) is 12.5. The first-order valence-electron chi connectivity index (χ1n) is 12.6. The Morgan fingerprint density at radius 1 is 0.529 bits per heavy atom. The molecule has 4 aromatic heterocycles. The molecule has 7 aromatic rings. The Labute approximate surface area is 207 Å². The van der Waals surface area contributed by atoms with Crippen LogP contribution in [0.2, 0.25) is 0 Å². The third-order valence-corrected chi connectivity index (χ3v) is 9.72. The van der Waals surface area contributed by atoms with Crippen molar-refractivity contribution >= 4 is 85.1 Å². The van der Waals surface area contributed by atoms with Gasteiger partial charge in [0.2, 0.25) is 0 Å². The molecule has 0 amide bonds. The van der Waals surface area contributed by atoms with E-state index >= 15 is 0 Å². The van der Waals surface area contributed by atoms with Crippen molar-refractivity contribution in [2.75, 3.05) is 0 Å². The minimum atomic E-state index is 1.07. The van der Waals surface area contributed by atoms with Crippen molar-refractivity contribution in [3.8, 4) is 0 Å². The van der Waals surface area contributed by atoms with Crippen LogP contribution in [0, 0.1) is 0 Å². The molecule has 0 fully saturated rings. The first kappa shape index (κ1) is 20.5. The maximum atomic E-state index is 2.67. The second-order valence-corrected chi connectivity index (χ2v) is 11.5. The van der Waals surface area contributed by atoms with Crippen LogP contribution in [0.3, 0.4) is 0 Å². The quantitative estimate of drug-likeness (QED) is 0.224. The van der Waals surface area contributed by atoms with Gasteiger partial charge in [0.05, 0.1) is 31.5 Å². The molecule has 170 valence electrons. The first-order chi connectivity index (χ1) is 16.8. The summed E-state index contributed by atoms with van der Waals surface area (Å²) in [7, 11) is 0. The highest BCUT2D eigenvalue weighted by Gasteiger charge is 2.23. The molecule has 4 heteroatoms. The Bertz CT molecular complexity index is 1700. The van der Waals surface area contributed by atoms with Crippen LogP contribution in [-0.2, 0) is 13.1 Å². The summed E-state index contributed by atoms with van der Waals surface area (Å²) in [5, 5.41) is 5.66. The van der Waals surface area contributed by atoms with Gasteiger partial charge in [0.25, 0.3) is 0 Å². The number of aryl methyl sites for hydroxylation is 2. The lowest BCUT2D eigenvalue weighted by atomic mass is 10.2. The van der Waals surface area contributed by atoms with Crippen molar-refractivity contribution in [3.63, 3.8) is 0 Å². The van der Waals surface area contributed by atoms with Crippen molar-refractivity contribution in [1.29, 1.82) is 0 Å². The number of thiophene rings is 2. The number of rotatable bonds is 6. The van der Waals surface area contributed by atoms with E-state index in [2.05, 4.69) is 83.6 Å². The van der Waals surface area contributed by atoms with Crippen LogP contribution >= 0.6 is 22.7 Å². The second-order valence-electron chi connectivity index (χ2n) is 9.42. The summed E-state index contributed by atoms with van der Waals surface area (Å²) in [6, 6.07) is 22.7. The summed E-state index contributed by atoms with van der Waals surface area (Å²) in [6.45, 7) is 6.75. The summed E-state index contributed by atoms with van der Waals surface area (Å²) in [4.78, 5) is 0. The summed E-state index contributed by atoms with van der Waals surface area (Å²) in [6.07, 6.45) is 4.81. The van der Waals surface area contributed by atoms with Crippen molar-refractivity contribution in [2.24, 2.45) is 0 Å². The largest absolute Gasteiger partial charge is 0.338 e. The molecule has 2 nitrogen and oxygen atoms in total. The second kappa shape index (κ2) is 7.86. The fourth-order valence-corrected chi connectivity index (χ4v) is 8.23. The highest BCUT2D eigenvalue weighted by molar-refractivity contribution is 7.27. The molecule has 0 bridgehead atoms. The van der Waals surface area contributed by atoms with E-state index in [1.54, 1.807) is 0 Å². The zero-order chi connectivity index (χ0) is 22.8. The van der Waals surface area contributed by atoms with Crippen LogP contribution in [0.25, 0.3) is 62.4 Å². The molecule has 0 N–H and O–H groups in total. The van der Waals surface area contributed by atoms with Gasteiger partial charge >= 0.3 is 0 Å². The maximum Gasteiger partial charge on any atom is 0.0748 e. The van der Waals surface area contributed by atoms with E-state index in [4.69, 9.17) is 0 Å². The van der Waals surface area contributed by atoms with E-state index in [0.29, 0.717) is 0 Å². The van der Waals surface area contributed by atoms with Crippen LogP contribution in [0.1, 0.15) is 39.5 Å². The molecule has 0 atom stereocenters. The smallest absolute Gasteiger partial charge is 0.0748 e. The number of aromatic nitrogens is 2. The molecule has 4 heterocycles. The molecule has 34 heavy (non-hydrogen) atoms. The zero-order valence-corrected chi connectivity index (χ0v) is 21.4. The monoisotopic (exact) mass is 480 g/mol. The summed E-state index contributed by atoms with van der Waals surface area (Å²) >= 11 is 3.92. The van der Waals surface area contributed by atoms with Gasteiger partial charge in [0.1, 0.15) is 0 Å².